The van der Waals surface area contributed by atoms with Crippen LogP contribution in [0.2, 0.25) is 0 Å². The largest absolute Gasteiger partial charge is 0.370 e. The number of rotatable bonds is 3. The minimum Gasteiger partial charge on any atom is -0.370 e. The van der Waals surface area contributed by atoms with E-state index in [2.05, 4.69) is 0 Å². The lowest BCUT2D eigenvalue weighted by Gasteiger charge is -2.31. The molecular weight excluding hydrogens is 254 g/mol. The molecule has 5 nitrogen and oxygen atoms in total. The molecule has 1 aliphatic rings. The molecule has 1 heterocycles. The van der Waals surface area contributed by atoms with E-state index in [1.54, 1.807) is 29.2 Å². The summed E-state index contributed by atoms with van der Waals surface area (Å²) in [4.78, 5) is 25.0. The Morgan fingerprint density at radius 3 is 2.35 bits per heavy atom. The van der Waals surface area contributed by atoms with Gasteiger partial charge in [-0.25, -0.2) is 0 Å². The molecule has 2 N–H and O–H groups in total. The number of primary amides is 1. The monoisotopic (exact) mass is 271 g/mol. The molecule has 1 fully saturated rings. The third kappa shape index (κ3) is 3.35. The molecular formula is C15H17N3O2. The van der Waals surface area contributed by atoms with Crippen LogP contribution in [0.3, 0.4) is 0 Å². The van der Waals surface area contributed by atoms with Gasteiger partial charge in [0.1, 0.15) is 0 Å². The van der Waals surface area contributed by atoms with Crippen LogP contribution in [0.15, 0.2) is 24.3 Å². The van der Waals surface area contributed by atoms with Crippen LogP contribution in [0.25, 0.3) is 0 Å². The number of amides is 2. The lowest BCUT2D eigenvalue weighted by atomic mass is 9.93. The average Bonchev–Trinajstić information content (AvgIpc) is 2.47. The van der Waals surface area contributed by atoms with Gasteiger partial charge in [-0.1, -0.05) is 0 Å². The molecule has 1 aliphatic heterocycles. The lowest BCUT2D eigenvalue weighted by Crippen LogP contribution is -2.39. The van der Waals surface area contributed by atoms with Crippen molar-refractivity contribution in [1.82, 2.24) is 4.90 Å². The Morgan fingerprint density at radius 1 is 1.25 bits per heavy atom. The molecule has 1 aromatic rings. The fourth-order valence-corrected chi connectivity index (χ4v) is 2.49. The summed E-state index contributed by atoms with van der Waals surface area (Å²) >= 11 is 0. The van der Waals surface area contributed by atoms with E-state index in [0.29, 0.717) is 30.6 Å². The van der Waals surface area contributed by atoms with Gasteiger partial charge in [0.15, 0.2) is 0 Å². The van der Waals surface area contributed by atoms with Crippen molar-refractivity contribution >= 4 is 11.8 Å². The van der Waals surface area contributed by atoms with Gasteiger partial charge in [0, 0.05) is 25.1 Å². The zero-order valence-electron chi connectivity index (χ0n) is 11.2. The number of nitrogens with two attached hydrogens (primary N) is 1. The van der Waals surface area contributed by atoms with E-state index in [1.165, 1.54) is 0 Å². The summed E-state index contributed by atoms with van der Waals surface area (Å²) < 4.78 is 0. The molecule has 0 radical (unpaired) electrons. The summed E-state index contributed by atoms with van der Waals surface area (Å²) in [6.45, 7) is 1.30. The smallest absolute Gasteiger partial charge is 0.253 e. The number of hydrogen-bond acceptors (Lipinski definition) is 3. The van der Waals surface area contributed by atoms with E-state index in [9.17, 15) is 9.59 Å². The van der Waals surface area contributed by atoms with E-state index in [-0.39, 0.29) is 17.7 Å². The van der Waals surface area contributed by atoms with E-state index in [0.717, 1.165) is 12.8 Å². The van der Waals surface area contributed by atoms with E-state index >= 15 is 0 Å². The molecule has 0 atom stereocenters. The predicted molar refractivity (Wildman–Crippen MR) is 73.6 cm³/mol. The van der Waals surface area contributed by atoms with Crippen molar-refractivity contribution in [2.75, 3.05) is 13.1 Å². The van der Waals surface area contributed by atoms with Crippen LogP contribution in [-0.2, 0) is 4.79 Å². The van der Waals surface area contributed by atoms with Crippen molar-refractivity contribution in [3.8, 4) is 6.07 Å². The van der Waals surface area contributed by atoms with Gasteiger partial charge in [-0.3, -0.25) is 9.59 Å². The Hall–Kier alpha value is -2.35. The second-order valence-corrected chi connectivity index (χ2v) is 5.10. The number of nitrogens with zero attached hydrogens (tertiary/aromatic N) is 2. The van der Waals surface area contributed by atoms with E-state index in [1.807, 2.05) is 6.07 Å². The molecule has 0 aromatic heterocycles. The molecule has 0 unspecified atom stereocenters. The first-order valence-electron chi connectivity index (χ1n) is 6.68. The van der Waals surface area contributed by atoms with E-state index in [4.69, 9.17) is 11.0 Å². The van der Waals surface area contributed by atoms with Crippen LogP contribution in [0.1, 0.15) is 35.2 Å². The minimum atomic E-state index is -0.276. The van der Waals surface area contributed by atoms with Gasteiger partial charge in [-0.15, -0.1) is 0 Å². The summed E-state index contributed by atoms with van der Waals surface area (Å²) in [5, 5.41) is 8.73. The first-order chi connectivity index (χ1) is 9.60. The van der Waals surface area contributed by atoms with Crippen LogP contribution in [-0.4, -0.2) is 29.8 Å². The highest BCUT2D eigenvalue weighted by molar-refractivity contribution is 5.94. The summed E-state index contributed by atoms with van der Waals surface area (Å²) in [7, 11) is 0. The molecule has 5 heteroatoms. The SMILES string of the molecule is N#Cc1ccc(C(=O)N2CCC(CC(N)=O)CC2)cc1. The number of piperidine rings is 1. The molecule has 20 heavy (non-hydrogen) atoms. The second-order valence-electron chi connectivity index (χ2n) is 5.10. The van der Waals surface area contributed by atoms with Gasteiger partial charge >= 0.3 is 0 Å². The first kappa shape index (κ1) is 14.1. The molecule has 1 saturated heterocycles. The van der Waals surface area contributed by atoms with Gasteiger partial charge in [-0.05, 0) is 43.0 Å². The van der Waals surface area contributed by atoms with Crippen molar-refractivity contribution in [3.63, 3.8) is 0 Å². The third-order valence-electron chi connectivity index (χ3n) is 3.65. The topological polar surface area (TPSA) is 87.2 Å². The zero-order valence-corrected chi connectivity index (χ0v) is 11.2. The number of nitriles is 1. The Morgan fingerprint density at radius 2 is 1.85 bits per heavy atom. The van der Waals surface area contributed by atoms with Gasteiger partial charge in [0.25, 0.3) is 5.91 Å². The highest BCUT2D eigenvalue weighted by atomic mass is 16.2. The number of carbonyl (C=O) groups excluding carboxylic acids is 2. The minimum absolute atomic E-state index is 0.0213. The van der Waals surface area contributed by atoms with Crippen molar-refractivity contribution in [3.05, 3.63) is 35.4 Å². The lowest BCUT2D eigenvalue weighted by molar-refractivity contribution is -0.119. The maximum Gasteiger partial charge on any atom is 0.253 e. The van der Waals surface area contributed by atoms with Crippen LogP contribution in [0.5, 0.6) is 0 Å². The Balaban J connectivity index is 1.94. The Bertz CT molecular complexity index is 537. The average molecular weight is 271 g/mol. The highest BCUT2D eigenvalue weighted by Gasteiger charge is 2.24. The summed E-state index contributed by atoms with van der Waals surface area (Å²) in [6, 6.07) is 8.67. The normalized spacial score (nSPS) is 15.7. The van der Waals surface area contributed by atoms with Crippen molar-refractivity contribution in [1.29, 1.82) is 5.26 Å². The quantitative estimate of drug-likeness (QED) is 0.898. The van der Waals surface area contributed by atoms with Crippen LogP contribution in [0, 0.1) is 17.2 Å². The molecule has 2 rings (SSSR count). The number of likely N-dealkylation sites (tertiary alicyclic amines) is 1. The fraction of sp³-hybridized carbons (Fsp3) is 0.400. The van der Waals surface area contributed by atoms with Gasteiger partial charge in [0.05, 0.1) is 11.6 Å². The molecule has 1 aromatic carbocycles. The third-order valence-corrected chi connectivity index (χ3v) is 3.65. The van der Waals surface area contributed by atoms with Crippen molar-refractivity contribution < 1.29 is 9.59 Å². The summed E-state index contributed by atoms with van der Waals surface area (Å²) in [6.07, 6.45) is 2.02. The van der Waals surface area contributed by atoms with Crippen LogP contribution in [0.4, 0.5) is 0 Å². The number of hydrogen-bond donors (Lipinski definition) is 1. The fourth-order valence-electron chi connectivity index (χ4n) is 2.49. The van der Waals surface area contributed by atoms with Gasteiger partial charge in [0.2, 0.25) is 5.91 Å². The molecule has 0 bridgehead atoms. The molecule has 0 aliphatic carbocycles. The summed E-state index contributed by atoms with van der Waals surface area (Å²) in [5.74, 6) is -0.00796. The number of carbonyl (C=O) groups is 2. The van der Waals surface area contributed by atoms with E-state index < -0.39 is 0 Å². The standard InChI is InChI=1S/C15H17N3O2/c16-10-12-1-3-13(4-2-12)15(20)18-7-5-11(6-8-18)9-14(17)19/h1-4,11H,5-9H2,(H2,17,19). The van der Waals surface area contributed by atoms with Crippen molar-refractivity contribution in [2.24, 2.45) is 11.7 Å². The maximum atomic E-state index is 12.3. The Kier molecular flexibility index (Phi) is 4.36. The highest BCUT2D eigenvalue weighted by Crippen LogP contribution is 2.21. The first-order valence-corrected chi connectivity index (χ1v) is 6.68. The molecule has 104 valence electrons. The summed E-state index contributed by atoms with van der Waals surface area (Å²) in [5.41, 5.74) is 6.33. The zero-order chi connectivity index (χ0) is 14.5. The second kappa shape index (κ2) is 6.20. The van der Waals surface area contributed by atoms with Gasteiger partial charge < -0.3 is 10.6 Å². The van der Waals surface area contributed by atoms with Crippen molar-refractivity contribution in [2.45, 2.75) is 19.3 Å². The molecule has 0 saturated carbocycles. The molecule has 0 spiro atoms. The van der Waals surface area contributed by atoms with Crippen LogP contribution < -0.4 is 5.73 Å². The van der Waals surface area contributed by atoms with Crippen LogP contribution >= 0.6 is 0 Å². The Labute approximate surface area is 118 Å². The van der Waals surface area contributed by atoms with Gasteiger partial charge in [-0.2, -0.15) is 5.26 Å². The molecule has 2 amide bonds. The number of benzene rings is 1. The predicted octanol–water partition coefficient (Wildman–Crippen LogP) is 1.29. The maximum absolute atomic E-state index is 12.3.